The van der Waals surface area contributed by atoms with Crippen molar-refractivity contribution in [2.75, 3.05) is 0 Å². The van der Waals surface area contributed by atoms with Crippen molar-refractivity contribution in [3.8, 4) is 5.75 Å². The molecule has 0 spiro atoms. The molecule has 0 unspecified atom stereocenters. The van der Waals surface area contributed by atoms with Gasteiger partial charge in [-0.1, -0.05) is 29.3 Å². The molecular formula is C14H9Cl2NO5S. The van der Waals surface area contributed by atoms with Gasteiger partial charge in [-0.25, -0.2) is 4.79 Å². The molecule has 0 saturated carbocycles. The van der Waals surface area contributed by atoms with Gasteiger partial charge in [0, 0.05) is 13.1 Å². The second kappa shape index (κ2) is 5.59. The van der Waals surface area contributed by atoms with Gasteiger partial charge in [-0.15, -0.1) is 0 Å². The number of oxazole rings is 1. The Hall–Kier alpha value is -1.96. The number of fused-ring (bicyclic) bond motifs is 1. The largest absolute Gasteiger partial charge is 0.419 e. The summed E-state index contributed by atoms with van der Waals surface area (Å²) in [5.41, 5.74) is 0.606. The third-order valence-corrected chi connectivity index (χ3v) is 5.20. The molecule has 23 heavy (non-hydrogen) atoms. The quantitative estimate of drug-likeness (QED) is 0.658. The summed E-state index contributed by atoms with van der Waals surface area (Å²) >= 11 is 11.7. The molecule has 0 aliphatic carbocycles. The van der Waals surface area contributed by atoms with Crippen LogP contribution in [0, 0.1) is 0 Å². The molecule has 9 heteroatoms. The van der Waals surface area contributed by atoms with Crippen LogP contribution in [0.1, 0.15) is 0 Å². The topological polar surface area (TPSA) is 78.5 Å². The van der Waals surface area contributed by atoms with Crippen molar-refractivity contribution in [3.63, 3.8) is 0 Å². The fourth-order valence-electron chi connectivity index (χ4n) is 1.98. The first-order chi connectivity index (χ1) is 10.8. The van der Waals surface area contributed by atoms with Gasteiger partial charge >= 0.3 is 15.9 Å². The lowest BCUT2D eigenvalue weighted by Crippen LogP contribution is -2.10. The SMILES string of the molecule is Cn1c(=O)oc2cc(S(=O)(=O)Oc3cccc(Cl)c3Cl)ccc21. The Morgan fingerprint density at radius 2 is 1.91 bits per heavy atom. The maximum Gasteiger partial charge on any atom is 0.419 e. The average molecular weight is 374 g/mol. The number of halogens is 2. The molecule has 120 valence electrons. The lowest BCUT2D eigenvalue weighted by Gasteiger charge is -2.09. The van der Waals surface area contributed by atoms with Gasteiger partial charge in [0.05, 0.1) is 10.5 Å². The lowest BCUT2D eigenvalue weighted by molar-refractivity contribution is 0.485. The molecule has 2 aromatic carbocycles. The van der Waals surface area contributed by atoms with Crippen LogP contribution in [0.3, 0.4) is 0 Å². The maximum atomic E-state index is 12.3. The molecule has 1 aromatic heterocycles. The molecule has 3 rings (SSSR count). The van der Waals surface area contributed by atoms with Crippen LogP contribution < -0.4 is 9.94 Å². The van der Waals surface area contributed by atoms with E-state index in [9.17, 15) is 13.2 Å². The summed E-state index contributed by atoms with van der Waals surface area (Å²) in [5, 5.41) is 0.161. The Balaban J connectivity index is 2.06. The van der Waals surface area contributed by atoms with E-state index in [0.717, 1.165) is 0 Å². The monoisotopic (exact) mass is 373 g/mol. The zero-order chi connectivity index (χ0) is 16.8. The highest BCUT2D eigenvalue weighted by atomic mass is 35.5. The Bertz CT molecular complexity index is 1070. The van der Waals surface area contributed by atoms with Gasteiger partial charge in [-0.05, 0) is 24.3 Å². The fourth-order valence-corrected chi connectivity index (χ4v) is 3.32. The smallest absolute Gasteiger partial charge is 0.408 e. The third-order valence-electron chi connectivity index (χ3n) is 3.17. The molecule has 0 bridgehead atoms. The van der Waals surface area contributed by atoms with E-state index in [0.29, 0.717) is 5.52 Å². The van der Waals surface area contributed by atoms with Gasteiger partial charge < -0.3 is 8.60 Å². The average Bonchev–Trinajstić information content (AvgIpc) is 2.78. The van der Waals surface area contributed by atoms with Crippen LogP contribution in [-0.2, 0) is 17.2 Å². The van der Waals surface area contributed by atoms with Crippen LogP contribution in [0.5, 0.6) is 5.75 Å². The number of hydrogen-bond acceptors (Lipinski definition) is 5. The van der Waals surface area contributed by atoms with Crippen LogP contribution in [0.2, 0.25) is 10.0 Å². The van der Waals surface area contributed by atoms with Crippen molar-refractivity contribution in [2.24, 2.45) is 7.05 Å². The van der Waals surface area contributed by atoms with Crippen LogP contribution in [0.25, 0.3) is 11.1 Å². The van der Waals surface area contributed by atoms with Crippen molar-refractivity contribution < 1.29 is 17.0 Å². The molecule has 0 saturated heterocycles. The van der Waals surface area contributed by atoms with Crippen molar-refractivity contribution in [1.82, 2.24) is 4.57 Å². The minimum atomic E-state index is -4.16. The van der Waals surface area contributed by atoms with Gasteiger partial charge in [0.1, 0.15) is 9.92 Å². The first-order valence-electron chi connectivity index (χ1n) is 6.28. The van der Waals surface area contributed by atoms with E-state index < -0.39 is 15.9 Å². The Morgan fingerprint density at radius 3 is 2.65 bits per heavy atom. The normalized spacial score (nSPS) is 11.8. The molecule has 1 heterocycles. The summed E-state index contributed by atoms with van der Waals surface area (Å²) in [6.07, 6.45) is 0. The van der Waals surface area contributed by atoms with Gasteiger partial charge in [0.15, 0.2) is 11.3 Å². The Morgan fingerprint density at radius 1 is 1.17 bits per heavy atom. The summed E-state index contributed by atoms with van der Waals surface area (Å²) < 4.78 is 35.9. The Kier molecular flexibility index (Phi) is 3.87. The van der Waals surface area contributed by atoms with E-state index in [1.54, 1.807) is 0 Å². The minimum Gasteiger partial charge on any atom is -0.408 e. The predicted octanol–water partition coefficient (Wildman–Crippen LogP) is 3.21. The number of rotatable bonds is 3. The second-order valence-corrected chi connectivity index (χ2v) is 6.98. The second-order valence-electron chi connectivity index (χ2n) is 4.65. The van der Waals surface area contributed by atoms with Crippen molar-refractivity contribution >= 4 is 44.4 Å². The summed E-state index contributed by atoms with van der Waals surface area (Å²) in [5.74, 6) is -0.679. The zero-order valence-electron chi connectivity index (χ0n) is 11.6. The first kappa shape index (κ1) is 15.9. The zero-order valence-corrected chi connectivity index (χ0v) is 13.9. The van der Waals surface area contributed by atoms with E-state index in [1.165, 1.54) is 48.0 Å². The van der Waals surface area contributed by atoms with Crippen molar-refractivity contribution in [2.45, 2.75) is 4.90 Å². The highest BCUT2D eigenvalue weighted by Gasteiger charge is 2.21. The van der Waals surface area contributed by atoms with Gasteiger partial charge in [-0.3, -0.25) is 4.57 Å². The van der Waals surface area contributed by atoms with E-state index >= 15 is 0 Å². The van der Waals surface area contributed by atoms with Gasteiger partial charge in [0.25, 0.3) is 0 Å². The van der Waals surface area contributed by atoms with Crippen LogP contribution in [0.4, 0.5) is 0 Å². The standard InChI is InChI=1S/C14H9Cl2NO5S/c1-17-10-6-5-8(7-12(10)21-14(17)18)23(19,20)22-11-4-2-3-9(15)13(11)16/h2-7H,1H3. The number of aryl methyl sites for hydroxylation is 1. The number of benzene rings is 2. The minimum absolute atomic E-state index is 0.00920. The molecule has 3 aromatic rings. The molecule has 6 nitrogen and oxygen atoms in total. The van der Waals surface area contributed by atoms with E-state index in [4.69, 9.17) is 31.8 Å². The highest BCUT2D eigenvalue weighted by molar-refractivity contribution is 7.87. The summed E-state index contributed by atoms with van der Waals surface area (Å²) in [6.45, 7) is 0. The van der Waals surface area contributed by atoms with Crippen LogP contribution >= 0.6 is 23.2 Å². The molecule has 0 N–H and O–H groups in total. The lowest BCUT2D eigenvalue weighted by atomic mass is 10.3. The number of nitrogens with zero attached hydrogens (tertiary/aromatic N) is 1. The van der Waals surface area contributed by atoms with Crippen molar-refractivity contribution in [3.05, 3.63) is 57.0 Å². The van der Waals surface area contributed by atoms with E-state index in [-0.39, 0.29) is 26.3 Å². The molecule has 0 fully saturated rings. The molecule has 0 amide bonds. The van der Waals surface area contributed by atoms with Gasteiger partial charge in [-0.2, -0.15) is 8.42 Å². The van der Waals surface area contributed by atoms with Crippen LogP contribution in [-0.4, -0.2) is 13.0 Å². The summed E-state index contributed by atoms with van der Waals surface area (Å²) in [4.78, 5) is 11.3. The molecular weight excluding hydrogens is 365 g/mol. The van der Waals surface area contributed by atoms with E-state index in [1.807, 2.05) is 0 Å². The fraction of sp³-hybridized carbons (Fsp3) is 0.0714. The first-order valence-corrected chi connectivity index (χ1v) is 8.44. The summed E-state index contributed by atoms with van der Waals surface area (Å²) in [6, 6.07) is 8.38. The Labute approximate surface area is 140 Å². The predicted molar refractivity (Wildman–Crippen MR) is 85.7 cm³/mol. The van der Waals surface area contributed by atoms with Gasteiger partial charge in [0.2, 0.25) is 0 Å². The summed E-state index contributed by atoms with van der Waals surface area (Å²) in [7, 11) is -2.64. The van der Waals surface area contributed by atoms with Crippen LogP contribution in [0.15, 0.2) is 50.5 Å². The molecule has 0 aliphatic heterocycles. The van der Waals surface area contributed by atoms with E-state index in [2.05, 4.69) is 0 Å². The molecule has 0 atom stereocenters. The maximum absolute atomic E-state index is 12.3. The number of hydrogen-bond donors (Lipinski definition) is 0. The third kappa shape index (κ3) is 2.83. The molecule has 0 radical (unpaired) electrons. The molecule has 0 aliphatic rings. The highest BCUT2D eigenvalue weighted by Crippen LogP contribution is 2.33. The number of aromatic nitrogens is 1. The van der Waals surface area contributed by atoms with Crippen molar-refractivity contribution in [1.29, 1.82) is 0 Å².